The second-order valence-electron chi connectivity index (χ2n) is 4.36. The number of carbonyl (C=O) groups is 1. The first-order valence-electron chi connectivity index (χ1n) is 6.26. The van der Waals surface area contributed by atoms with Crippen molar-refractivity contribution in [1.29, 1.82) is 0 Å². The average Bonchev–Trinajstić information content (AvgIpc) is 2.86. The Morgan fingerprint density at radius 1 is 1.61 bits per heavy atom. The molecule has 4 heteroatoms. The van der Waals surface area contributed by atoms with E-state index in [0.717, 1.165) is 19.4 Å². The van der Waals surface area contributed by atoms with Gasteiger partial charge in [-0.3, -0.25) is 4.79 Å². The highest BCUT2D eigenvalue weighted by Crippen LogP contribution is 2.17. The van der Waals surface area contributed by atoms with Crippen molar-refractivity contribution in [2.45, 2.75) is 25.4 Å². The molecule has 1 unspecified atom stereocenters. The molecule has 0 bridgehead atoms. The number of carbonyl (C=O) groups excluding carboxylic acids is 1. The van der Waals surface area contributed by atoms with E-state index >= 15 is 0 Å². The van der Waals surface area contributed by atoms with Gasteiger partial charge in [-0.25, -0.2) is 4.98 Å². The summed E-state index contributed by atoms with van der Waals surface area (Å²) >= 11 is 0. The number of likely N-dealkylation sites (tertiary alicyclic amines) is 1. The molecule has 1 amide bonds. The van der Waals surface area contributed by atoms with Gasteiger partial charge in [-0.05, 0) is 12.5 Å². The van der Waals surface area contributed by atoms with Gasteiger partial charge in [0.1, 0.15) is 6.10 Å². The van der Waals surface area contributed by atoms with Crippen LogP contribution in [0.3, 0.4) is 0 Å². The fraction of sp³-hybridized carbons (Fsp3) is 0.429. The number of pyridine rings is 1. The third-order valence-corrected chi connectivity index (χ3v) is 2.99. The molecular weight excluding hydrogens is 228 g/mol. The van der Waals surface area contributed by atoms with E-state index in [9.17, 15) is 4.79 Å². The van der Waals surface area contributed by atoms with E-state index in [2.05, 4.69) is 11.6 Å². The Hall–Kier alpha value is -1.84. The van der Waals surface area contributed by atoms with Crippen LogP contribution >= 0.6 is 0 Å². The number of ether oxygens (including phenoxy) is 1. The summed E-state index contributed by atoms with van der Waals surface area (Å²) in [6.07, 6.45) is 5.69. The minimum atomic E-state index is 0.0626. The molecule has 1 aromatic heterocycles. The molecule has 1 atom stereocenters. The highest BCUT2D eigenvalue weighted by atomic mass is 16.5. The number of aromatic nitrogens is 1. The molecule has 0 aromatic carbocycles. The normalized spacial score (nSPS) is 18.7. The zero-order chi connectivity index (χ0) is 12.8. The topological polar surface area (TPSA) is 42.4 Å². The Balaban J connectivity index is 1.81. The van der Waals surface area contributed by atoms with Gasteiger partial charge in [0.2, 0.25) is 11.8 Å². The van der Waals surface area contributed by atoms with E-state index < -0.39 is 0 Å². The smallest absolute Gasteiger partial charge is 0.223 e. The van der Waals surface area contributed by atoms with Crippen molar-refractivity contribution >= 4 is 5.91 Å². The first-order valence-corrected chi connectivity index (χ1v) is 6.26. The molecule has 0 aliphatic carbocycles. The molecule has 1 aliphatic heterocycles. The van der Waals surface area contributed by atoms with Gasteiger partial charge in [0.15, 0.2) is 0 Å². The quantitative estimate of drug-likeness (QED) is 0.746. The van der Waals surface area contributed by atoms with Crippen LogP contribution in [-0.2, 0) is 4.79 Å². The number of amides is 1. The van der Waals surface area contributed by atoms with Crippen LogP contribution in [0.1, 0.15) is 19.3 Å². The van der Waals surface area contributed by atoms with Gasteiger partial charge in [-0.2, -0.15) is 0 Å². The lowest BCUT2D eigenvalue weighted by Crippen LogP contribution is -2.30. The van der Waals surface area contributed by atoms with E-state index in [4.69, 9.17) is 4.74 Å². The summed E-state index contributed by atoms with van der Waals surface area (Å²) in [4.78, 5) is 17.8. The molecule has 1 aliphatic rings. The Morgan fingerprint density at radius 3 is 3.22 bits per heavy atom. The summed E-state index contributed by atoms with van der Waals surface area (Å²) in [6.45, 7) is 5.06. The third-order valence-electron chi connectivity index (χ3n) is 2.99. The number of allylic oxidation sites excluding steroid dienone is 1. The molecule has 0 saturated carbocycles. The fourth-order valence-corrected chi connectivity index (χ4v) is 2.02. The maximum absolute atomic E-state index is 11.8. The van der Waals surface area contributed by atoms with Gasteiger partial charge < -0.3 is 9.64 Å². The molecule has 1 saturated heterocycles. The Morgan fingerprint density at radius 2 is 2.50 bits per heavy atom. The molecule has 96 valence electrons. The molecular formula is C14H18N2O2. The van der Waals surface area contributed by atoms with Crippen molar-refractivity contribution in [2.24, 2.45) is 0 Å². The second-order valence-corrected chi connectivity index (χ2v) is 4.36. The number of hydrogen-bond donors (Lipinski definition) is 0. The number of hydrogen-bond acceptors (Lipinski definition) is 3. The predicted octanol–water partition coefficient (Wildman–Crippen LogP) is 2.03. The van der Waals surface area contributed by atoms with Crippen molar-refractivity contribution in [3.8, 4) is 5.88 Å². The summed E-state index contributed by atoms with van der Waals surface area (Å²) in [5.74, 6) is 0.810. The number of rotatable bonds is 5. The van der Waals surface area contributed by atoms with E-state index in [0.29, 0.717) is 18.8 Å². The van der Waals surface area contributed by atoms with Crippen LogP contribution in [-0.4, -0.2) is 35.0 Å². The van der Waals surface area contributed by atoms with E-state index in [-0.39, 0.29) is 12.0 Å². The fourth-order valence-electron chi connectivity index (χ4n) is 2.02. The lowest BCUT2D eigenvalue weighted by Gasteiger charge is -2.16. The molecule has 2 rings (SSSR count). The first kappa shape index (κ1) is 12.6. The first-order chi connectivity index (χ1) is 8.79. The third kappa shape index (κ3) is 3.32. The molecule has 1 aromatic rings. The molecule has 18 heavy (non-hydrogen) atoms. The van der Waals surface area contributed by atoms with E-state index in [1.165, 1.54) is 0 Å². The average molecular weight is 246 g/mol. The zero-order valence-electron chi connectivity index (χ0n) is 10.4. The lowest BCUT2D eigenvalue weighted by atomic mass is 10.3. The minimum Gasteiger partial charge on any atom is -0.472 e. The van der Waals surface area contributed by atoms with E-state index in [1.54, 1.807) is 12.3 Å². The Kier molecular flexibility index (Phi) is 4.34. The predicted molar refractivity (Wildman–Crippen MR) is 69.3 cm³/mol. The van der Waals surface area contributed by atoms with Crippen molar-refractivity contribution in [3.63, 3.8) is 0 Å². The van der Waals surface area contributed by atoms with Gasteiger partial charge in [0, 0.05) is 31.6 Å². The monoisotopic (exact) mass is 246 g/mol. The van der Waals surface area contributed by atoms with Crippen molar-refractivity contribution in [1.82, 2.24) is 9.88 Å². The van der Waals surface area contributed by atoms with Gasteiger partial charge >= 0.3 is 0 Å². The van der Waals surface area contributed by atoms with Crippen LogP contribution < -0.4 is 4.74 Å². The Bertz CT molecular complexity index is 406. The summed E-state index contributed by atoms with van der Waals surface area (Å²) in [7, 11) is 0. The van der Waals surface area contributed by atoms with Crippen molar-refractivity contribution in [2.75, 3.05) is 13.1 Å². The van der Waals surface area contributed by atoms with E-state index in [1.807, 2.05) is 23.1 Å². The zero-order valence-corrected chi connectivity index (χ0v) is 10.4. The maximum Gasteiger partial charge on any atom is 0.223 e. The van der Waals surface area contributed by atoms with Crippen LogP contribution in [0.2, 0.25) is 0 Å². The van der Waals surface area contributed by atoms with Crippen LogP contribution in [0, 0.1) is 0 Å². The van der Waals surface area contributed by atoms with Crippen molar-refractivity contribution < 1.29 is 9.53 Å². The highest BCUT2D eigenvalue weighted by Gasteiger charge is 2.27. The lowest BCUT2D eigenvalue weighted by molar-refractivity contribution is -0.130. The SMILES string of the molecule is C=CCCC(=O)N1CCC(Oc2ccccn2)C1. The van der Waals surface area contributed by atoms with Crippen molar-refractivity contribution in [3.05, 3.63) is 37.1 Å². The number of nitrogens with zero attached hydrogens (tertiary/aromatic N) is 2. The van der Waals surface area contributed by atoms with Gasteiger partial charge in [0.25, 0.3) is 0 Å². The van der Waals surface area contributed by atoms with Gasteiger partial charge in [0.05, 0.1) is 6.54 Å². The molecule has 0 radical (unpaired) electrons. The second kappa shape index (κ2) is 6.19. The highest BCUT2D eigenvalue weighted by molar-refractivity contribution is 5.76. The standard InChI is InChI=1S/C14H18N2O2/c1-2-3-7-14(17)16-10-8-12(11-16)18-13-6-4-5-9-15-13/h2,4-6,9,12H,1,3,7-8,10-11H2. The molecule has 0 spiro atoms. The molecule has 1 fully saturated rings. The summed E-state index contributed by atoms with van der Waals surface area (Å²) in [6, 6.07) is 5.58. The van der Waals surface area contributed by atoms with Gasteiger partial charge in [-0.15, -0.1) is 6.58 Å². The minimum absolute atomic E-state index is 0.0626. The Labute approximate surface area is 107 Å². The summed E-state index contributed by atoms with van der Waals surface area (Å²) < 4.78 is 5.74. The maximum atomic E-state index is 11.8. The van der Waals surface area contributed by atoms with Crippen LogP contribution in [0.4, 0.5) is 0 Å². The largest absolute Gasteiger partial charge is 0.472 e. The van der Waals surface area contributed by atoms with Crippen LogP contribution in [0.25, 0.3) is 0 Å². The molecule has 4 nitrogen and oxygen atoms in total. The molecule has 0 N–H and O–H groups in total. The molecule has 2 heterocycles. The van der Waals surface area contributed by atoms with Crippen LogP contribution in [0.5, 0.6) is 5.88 Å². The van der Waals surface area contributed by atoms with Gasteiger partial charge in [-0.1, -0.05) is 12.1 Å². The summed E-state index contributed by atoms with van der Waals surface area (Å²) in [5.41, 5.74) is 0. The summed E-state index contributed by atoms with van der Waals surface area (Å²) in [5, 5.41) is 0. The van der Waals surface area contributed by atoms with Crippen LogP contribution in [0.15, 0.2) is 37.1 Å².